The zero-order chi connectivity index (χ0) is 14.0. The Morgan fingerprint density at radius 2 is 1.84 bits per heavy atom. The average Bonchev–Trinajstić information content (AvgIpc) is 2.36. The van der Waals surface area contributed by atoms with Gasteiger partial charge in [0.05, 0.1) is 16.9 Å². The fourth-order valence-electron chi connectivity index (χ4n) is 1.77. The van der Waals surface area contributed by atoms with Gasteiger partial charge in [-0.05, 0) is 55.3 Å². The Labute approximate surface area is 111 Å². The Bertz CT molecular complexity index is 636. The van der Waals surface area contributed by atoms with Crippen molar-refractivity contribution in [3.63, 3.8) is 0 Å². The molecular formula is C15H16N2O2. The van der Waals surface area contributed by atoms with E-state index in [1.165, 1.54) is 17.7 Å². The van der Waals surface area contributed by atoms with E-state index in [9.17, 15) is 4.79 Å². The average molecular weight is 256 g/mol. The first kappa shape index (κ1) is 13.0. The second-order valence-electron chi connectivity index (χ2n) is 4.53. The van der Waals surface area contributed by atoms with Gasteiger partial charge < -0.3 is 16.2 Å². The summed E-state index contributed by atoms with van der Waals surface area (Å²) >= 11 is 0. The zero-order valence-corrected chi connectivity index (χ0v) is 10.9. The van der Waals surface area contributed by atoms with Gasteiger partial charge >= 0.3 is 5.97 Å². The molecule has 2 aromatic rings. The van der Waals surface area contributed by atoms with Crippen molar-refractivity contribution in [2.75, 3.05) is 11.1 Å². The molecule has 4 heteroatoms. The lowest BCUT2D eigenvalue weighted by Crippen LogP contribution is -2.01. The third-order valence-corrected chi connectivity index (χ3v) is 3.09. The highest BCUT2D eigenvalue weighted by atomic mass is 16.4. The summed E-state index contributed by atoms with van der Waals surface area (Å²) in [4.78, 5) is 10.9. The van der Waals surface area contributed by atoms with Crippen molar-refractivity contribution in [3.8, 4) is 0 Å². The second-order valence-corrected chi connectivity index (χ2v) is 4.53. The Morgan fingerprint density at radius 1 is 1.11 bits per heavy atom. The van der Waals surface area contributed by atoms with Crippen LogP contribution in [0.3, 0.4) is 0 Å². The van der Waals surface area contributed by atoms with Gasteiger partial charge in [-0.2, -0.15) is 0 Å². The van der Waals surface area contributed by atoms with Gasteiger partial charge in [0, 0.05) is 5.69 Å². The maximum atomic E-state index is 10.9. The van der Waals surface area contributed by atoms with Crippen LogP contribution in [0, 0.1) is 13.8 Å². The van der Waals surface area contributed by atoms with Gasteiger partial charge in [0.25, 0.3) is 0 Å². The molecule has 4 N–H and O–H groups in total. The Balaban J connectivity index is 2.34. The Morgan fingerprint density at radius 3 is 2.47 bits per heavy atom. The third kappa shape index (κ3) is 2.85. The molecule has 0 amide bonds. The topological polar surface area (TPSA) is 75.3 Å². The number of benzene rings is 2. The molecule has 98 valence electrons. The molecule has 0 saturated carbocycles. The lowest BCUT2D eigenvalue weighted by molar-refractivity contribution is 0.0697. The van der Waals surface area contributed by atoms with Gasteiger partial charge in [0.2, 0.25) is 0 Å². The van der Waals surface area contributed by atoms with Crippen molar-refractivity contribution >= 4 is 23.0 Å². The number of hydrogen-bond donors (Lipinski definition) is 3. The molecule has 0 fully saturated rings. The highest BCUT2D eigenvalue weighted by molar-refractivity contribution is 5.91. The van der Waals surface area contributed by atoms with E-state index in [0.717, 1.165) is 11.3 Å². The number of carboxylic acid groups (broad SMARTS) is 1. The maximum Gasteiger partial charge on any atom is 0.335 e. The van der Waals surface area contributed by atoms with E-state index in [2.05, 4.69) is 5.32 Å². The molecule has 0 heterocycles. The molecule has 0 bridgehead atoms. The number of carbonyl (C=O) groups is 1. The van der Waals surface area contributed by atoms with Crippen molar-refractivity contribution in [1.82, 2.24) is 0 Å². The molecule has 0 unspecified atom stereocenters. The number of carboxylic acids is 1. The fourth-order valence-corrected chi connectivity index (χ4v) is 1.77. The molecule has 0 radical (unpaired) electrons. The van der Waals surface area contributed by atoms with Crippen LogP contribution >= 0.6 is 0 Å². The van der Waals surface area contributed by atoms with Crippen LogP contribution in [0.4, 0.5) is 17.1 Å². The van der Waals surface area contributed by atoms with E-state index in [-0.39, 0.29) is 5.56 Å². The summed E-state index contributed by atoms with van der Waals surface area (Å²) < 4.78 is 0. The molecule has 0 aliphatic carbocycles. The van der Waals surface area contributed by atoms with Gasteiger partial charge in [-0.15, -0.1) is 0 Å². The molecule has 0 aliphatic rings. The van der Waals surface area contributed by atoms with Crippen molar-refractivity contribution in [2.45, 2.75) is 13.8 Å². The van der Waals surface area contributed by atoms with Crippen molar-refractivity contribution < 1.29 is 9.90 Å². The van der Waals surface area contributed by atoms with Crippen molar-refractivity contribution in [3.05, 3.63) is 53.1 Å². The fraction of sp³-hybridized carbons (Fsp3) is 0.133. The smallest absolute Gasteiger partial charge is 0.335 e. The Hall–Kier alpha value is -2.49. The SMILES string of the molecule is Cc1ccc(Nc2cc(C(=O)O)ccc2N)cc1C. The zero-order valence-electron chi connectivity index (χ0n) is 10.9. The molecule has 0 atom stereocenters. The predicted molar refractivity (Wildman–Crippen MR) is 77.0 cm³/mol. The predicted octanol–water partition coefficient (Wildman–Crippen LogP) is 3.33. The third-order valence-electron chi connectivity index (χ3n) is 3.09. The van der Waals surface area contributed by atoms with Crippen LogP contribution in [0.2, 0.25) is 0 Å². The highest BCUT2D eigenvalue weighted by Crippen LogP contribution is 2.25. The maximum absolute atomic E-state index is 10.9. The van der Waals surface area contributed by atoms with Crippen LogP contribution in [-0.4, -0.2) is 11.1 Å². The van der Waals surface area contributed by atoms with E-state index >= 15 is 0 Å². The van der Waals surface area contributed by atoms with Gasteiger partial charge in [-0.1, -0.05) is 6.07 Å². The molecular weight excluding hydrogens is 240 g/mol. The second kappa shape index (κ2) is 5.02. The van der Waals surface area contributed by atoms with Crippen LogP contribution in [0.5, 0.6) is 0 Å². The van der Waals surface area contributed by atoms with Crippen LogP contribution < -0.4 is 11.1 Å². The normalized spacial score (nSPS) is 10.2. The molecule has 0 aromatic heterocycles. The van der Waals surface area contributed by atoms with Gasteiger partial charge in [-0.25, -0.2) is 4.79 Å². The number of nitrogens with one attached hydrogen (secondary N) is 1. The molecule has 0 aliphatic heterocycles. The van der Waals surface area contributed by atoms with Gasteiger partial charge in [0.15, 0.2) is 0 Å². The van der Waals surface area contributed by atoms with E-state index in [4.69, 9.17) is 10.8 Å². The molecule has 2 rings (SSSR count). The number of rotatable bonds is 3. The number of anilines is 3. The molecule has 0 spiro atoms. The van der Waals surface area contributed by atoms with E-state index in [1.54, 1.807) is 6.07 Å². The lowest BCUT2D eigenvalue weighted by Gasteiger charge is -2.11. The molecule has 19 heavy (non-hydrogen) atoms. The largest absolute Gasteiger partial charge is 0.478 e. The number of nitrogens with two attached hydrogens (primary N) is 1. The number of aryl methyl sites for hydroxylation is 2. The molecule has 2 aromatic carbocycles. The van der Waals surface area contributed by atoms with Crippen LogP contribution in [0.1, 0.15) is 21.5 Å². The van der Waals surface area contributed by atoms with Gasteiger partial charge in [-0.3, -0.25) is 0 Å². The summed E-state index contributed by atoms with van der Waals surface area (Å²) in [6.07, 6.45) is 0. The van der Waals surface area contributed by atoms with E-state index < -0.39 is 5.97 Å². The summed E-state index contributed by atoms with van der Waals surface area (Å²) in [6, 6.07) is 10.6. The number of hydrogen-bond acceptors (Lipinski definition) is 3. The van der Waals surface area contributed by atoms with Gasteiger partial charge in [0.1, 0.15) is 0 Å². The summed E-state index contributed by atoms with van der Waals surface area (Å²) in [7, 11) is 0. The minimum atomic E-state index is -0.969. The van der Waals surface area contributed by atoms with E-state index in [0.29, 0.717) is 11.4 Å². The minimum absolute atomic E-state index is 0.209. The standard InChI is InChI=1S/C15H16N2O2/c1-9-3-5-12(7-10(9)2)17-14-8-11(15(18)19)4-6-13(14)16/h3-8,17H,16H2,1-2H3,(H,18,19). The first-order valence-electron chi connectivity index (χ1n) is 5.94. The summed E-state index contributed by atoms with van der Waals surface area (Å²) in [5.74, 6) is -0.969. The quantitative estimate of drug-likeness (QED) is 0.736. The Kier molecular flexibility index (Phi) is 3.42. The van der Waals surface area contributed by atoms with Crippen LogP contribution in [0.15, 0.2) is 36.4 Å². The monoisotopic (exact) mass is 256 g/mol. The van der Waals surface area contributed by atoms with Crippen LogP contribution in [0.25, 0.3) is 0 Å². The highest BCUT2D eigenvalue weighted by Gasteiger charge is 2.07. The van der Waals surface area contributed by atoms with Crippen molar-refractivity contribution in [1.29, 1.82) is 0 Å². The number of nitrogen functional groups attached to an aromatic ring is 1. The first-order valence-corrected chi connectivity index (χ1v) is 5.94. The summed E-state index contributed by atoms with van der Waals surface area (Å²) in [5.41, 5.74) is 10.4. The first-order chi connectivity index (χ1) is 8.97. The van der Waals surface area contributed by atoms with Crippen LogP contribution in [-0.2, 0) is 0 Å². The number of aromatic carboxylic acids is 1. The molecule has 4 nitrogen and oxygen atoms in total. The lowest BCUT2D eigenvalue weighted by atomic mass is 10.1. The minimum Gasteiger partial charge on any atom is -0.478 e. The van der Waals surface area contributed by atoms with E-state index in [1.807, 2.05) is 32.0 Å². The summed E-state index contributed by atoms with van der Waals surface area (Å²) in [5, 5.41) is 12.1. The summed E-state index contributed by atoms with van der Waals surface area (Å²) in [6.45, 7) is 4.07. The van der Waals surface area contributed by atoms with Crippen molar-refractivity contribution in [2.24, 2.45) is 0 Å². The molecule has 0 saturated heterocycles.